The predicted molar refractivity (Wildman–Crippen MR) is 40.4 cm³/mol. The van der Waals surface area contributed by atoms with Crippen LogP contribution in [0.4, 0.5) is 0 Å². The maximum Gasteiger partial charge on any atom is 0.312 e. The average molecular weight is 158 g/mol. The van der Waals surface area contributed by atoms with Crippen molar-refractivity contribution in [1.82, 2.24) is 0 Å². The summed E-state index contributed by atoms with van der Waals surface area (Å²) < 4.78 is 5.24. The van der Waals surface area contributed by atoms with Crippen LogP contribution in [-0.2, 0) is 9.53 Å². The fourth-order valence-corrected chi connectivity index (χ4v) is 1.68. The van der Waals surface area contributed by atoms with E-state index in [1.807, 2.05) is 13.8 Å². The Morgan fingerprint density at radius 1 is 1.82 bits per heavy atom. The van der Waals surface area contributed by atoms with Crippen LogP contribution in [0.25, 0.3) is 0 Å². The zero-order valence-electron chi connectivity index (χ0n) is 6.96. The van der Waals surface area contributed by atoms with Gasteiger partial charge in [-0.1, -0.05) is 6.92 Å². The smallest absolute Gasteiger partial charge is 0.312 e. The second-order valence-corrected chi connectivity index (χ2v) is 3.08. The van der Waals surface area contributed by atoms with Crippen molar-refractivity contribution >= 4 is 5.97 Å². The standard InChI is InChI=1S/C8H14O3/c1-3-8(7(9)10)4-5-11-6(8)2/h6H,3-5H2,1-2H3,(H,9,10). The molecule has 3 heteroatoms. The van der Waals surface area contributed by atoms with Crippen LogP contribution in [0.15, 0.2) is 0 Å². The largest absolute Gasteiger partial charge is 0.481 e. The van der Waals surface area contributed by atoms with E-state index in [1.165, 1.54) is 0 Å². The molecule has 0 saturated carbocycles. The molecule has 1 aliphatic heterocycles. The average Bonchev–Trinajstić information content (AvgIpc) is 2.32. The first-order chi connectivity index (χ1) is 5.13. The molecule has 0 bridgehead atoms. The highest BCUT2D eigenvalue weighted by molar-refractivity contribution is 5.75. The molecule has 0 amide bonds. The lowest BCUT2D eigenvalue weighted by molar-refractivity contribution is -0.152. The molecule has 1 saturated heterocycles. The fraction of sp³-hybridized carbons (Fsp3) is 0.875. The van der Waals surface area contributed by atoms with Gasteiger partial charge in [0.05, 0.1) is 11.5 Å². The second-order valence-electron chi connectivity index (χ2n) is 3.08. The van der Waals surface area contributed by atoms with Gasteiger partial charge in [0.25, 0.3) is 0 Å². The topological polar surface area (TPSA) is 46.5 Å². The molecule has 1 fully saturated rings. The summed E-state index contributed by atoms with van der Waals surface area (Å²) in [5.41, 5.74) is -0.611. The van der Waals surface area contributed by atoms with Crippen molar-refractivity contribution in [3.8, 4) is 0 Å². The molecule has 1 heterocycles. The van der Waals surface area contributed by atoms with Crippen LogP contribution in [-0.4, -0.2) is 23.8 Å². The van der Waals surface area contributed by atoms with E-state index < -0.39 is 11.4 Å². The normalized spacial score (nSPS) is 37.5. The Morgan fingerprint density at radius 2 is 2.45 bits per heavy atom. The van der Waals surface area contributed by atoms with E-state index in [4.69, 9.17) is 9.84 Å². The molecule has 0 aromatic rings. The number of hydrogen-bond donors (Lipinski definition) is 1. The molecule has 0 aromatic heterocycles. The number of carboxylic acids is 1. The van der Waals surface area contributed by atoms with Crippen LogP contribution < -0.4 is 0 Å². The van der Waals surface area contributed by atoms with Crippen LogP contribution >= 0.6 is 0 Å². The Kier molecular flexibility index (Phi) is 2.18. The van der Waals surface area contributed by atoms with Crippen LogP contribution in [0.1, 0.15) is 26.7 Å². The maximum atomic E-state index is 10.9. The van der Waals surface area contributed by atoms with Crippen LogP contribution in [0.5, 0.6) is 0 Å². The molecular formula is C8H14O3. The summed E-state index contributed by atoms with van der Waals surface area (Å²) in [5, 5.41) is 8.95. The zero-order valence-corrected chi connectivity index (χ0v) is 6.96. The molecule has 0 spiro atoms. The molecule has 2 atom stereocenters. The first-order valence-electron chi connectivity index (χ1n) is 3.98. The van der Waals surface area contributed by atoms with Crippen molar-refractivity contribution < 1.29 is 14.6 Å². The second kappa shape index (κ2) is 2.81. The maximum absolute atomic E-state index is 10.9. The van der Waals surface area contributed by atoms with Crippen molar-refractivity contribution in [3.05, 3.63) is 0 Å². The molecule has 3 nitrogen and oxygen atoms in total. The summed E-state index contributed by atoms with van der Waals surface area (Å²) in [4.78, 5) is 10.9. The predicted octanol–water partition coefficient (Wildman–Crippen LogP) is 1.28. The van der Waals surface area contributed by atoms with Gasteiger partial charge in [0.15, 0.2) is 0 Å². The number of rotatable bonds is 2. The van der Waals surface area contributed by atoms with E-state index in [-0.39, 0.29) is 6.10 Å². The van der Waals surface area contributed by atoms with Gasteiger partial charge in [-0.25, -0.2) is 0 Å². The lowest BCUT2D eigenvalue weighted by atomic mass is 9.79. The van der Waals surface area contributed by atoms with Gasteiger partial charge in [0.1, 0.15) is 0 Å². The Bertz CT molecular complexity index is 167. The van der Waals surface area contributed by atoms with Gasteiger partial charge >= 0.3 is 5.97 Å². The molecule has 0 aromatic carbocycles. The van der Waals surface area contributed by atoms with Gasteiger partial charge in [-0.05, 0) is 19.8 Å². The van der Waals surface area contributed by atoms with Crippen molar-refractivity contribution in [2.75, 3.05) is 6.61 Å². The summed E-state index contributed by atoms with van der Waals surface area (Å²) in [6, 6.07) is 0. The molecule has 1 aliphatic rings. The van der Waals surface area contributed by atoms with Gasteiger partial charge in [0, 0.05) is 6.61 Å². The molecule has 11 heavy (non-hydrogen) atoms. The lowest BCUT2D eigenvalue weighted by Gasteiger charge is -2.25. The monoisotopic (exact) mass is 158 g/mol. The number of hydrogen-bond acceptors (Lipinski definition) is 2. The summed E-state index contributed by atoms with van der Waals surface area (Å²) in [6.45, 7) is 4.32. The van der Waals surface area contributed by atoms with E-state index in [0.29, 0.717) is 19.4 Å². The van der Waals surface area contributed by atoms with Gasteiger partial charge in [0.2, 0.25) is 0 Å². The molecule has 1 rings (SSSR count). The number of aliphatic carboxylic acids is 1. The highest BCUT2D eigenvalue weighted by atomic mass is 16.5. The Hall–Kier alpha value is -0.570. The highest BCUT2D eigenvalue weighted by Gasteiger charge is 2.46. The third kappa shape index (κ3) is 1.13. The molecule has 1 N–H and O–H groups in total. The van der Waals surface area contributed by atoms with Gasteiger partial charge < -0.3 is 9.84 Å². The van der Waals surface area contributed by atoms with Crippen LogP contribution in [0.3, 0.4) is 0 Å². The van der Waals surface area contributed by atoms with Crippen molar-refractivity contribution in [1.29, 1.82) is 0 Å². The minimum absolute atomic E-state index is 0.134. The molecular weight excluding hydrogens is 144 g/mol. The van der Waals surface area contributed by atoms with Gasteiger partial charge in [-0.3, -0.25) is 4.79 Å². The Balaban J connectivity index is 2.82. The summed E-state index contributed by atoms with van der Waals surface area (Å²) in [5.74, 6) is -0.718. The number of ether oxygens (including phenoxy) is 1. The SMILES string of the molecule is CCC1(C(=O)O)CCOC1C. The van der Waals surface area contributed by atoms with Crippen molar-refractivity contribution in [2.45, 2.75) is 32.8 Å². The number of carbonyl (C=O) groups is 1. The minimum Gasteiger partial charge on any atom is -0.481 e. The fourth-order valence-electron chi connectivity index (χ4n) is 1.68. The first kappa shape index (κ1) is 8.53. The highest BCUT2D eigenvalue weighted by Crippen LogP contribution is 2.38. The third-order valence-corrected chi connectivity index (χ3v) is 2.75. The Labute approximate surface area is 66.4 Å². The van der Waals surface area contributed by atoms with Crippen LogP contribution in [0, 0.1) is 5.41 Å². The van der Waals surface area contributed by atoms with Gasteiger partial charge in [-0.15, -0.1) is 0 Å². The summed E-state index contributed by atoms with van der Waals surface area (Å²) in [7, 11) is 0. The molecule has 2 unspecified atom stereocenters. The lowest BCUT2D eigenvalue weighted by Crippen LogP contribution is -2.36. The minimum atomic E-state index is -0.718. The van der Waals surface area contributed by atoms with Crippen molar-refractivity contribution in [3.63, 3.8) is 0 Å². The van der Waals surface area contributed by atoms with Gasteiger partial charge in [-0.2, -0.15) is 0 Å². The van der Waals surface area contributed by atoms with E-state index in [0.717, 1.165) is 0 Å². The Morgan fingerprint density at radius 3 is 2.64 bits per heavy atom. The van der Waals surface area contributed by atoms with Crippen molar-refractivity contribution in [2.24, 2.45) is 5.41 Å². The zero-order chi connectivity index (χ0) is 8.48. The van der Waals surface area contributed by atoms with E-state index in [1.54, 1.807) is 0 Å². The molecule has 0 radical (unpaired) electrons. The summed E-state index contributed by atoms with van der Waals surface area (Å²) in [6.07, 6.45) is 1.17. The quantitative estimate of drug-likeness (QED) is 0.658. The number of carboxylic acid groups (broad SMARTS) is 1. The van der Waals surface area contributed by atoms with E-state index in [9.17, 15) is 4.79 Å². The third-order valence-electron chi connectivity index (χ3n) is 2.75. The molecule has 0 aliphatic carbocycles. The van der Waals surface area contributed by atoms with E-state index >= 15 is 0 Å². The van der Waals surface area contributed by atoms with E-state index in [2.05, 4.69) is 0 Å². The van der Waals surface area contributed by atoms with Crippen LogP contribution in [0.2, 0.25) is 0 Å². The molecule has 64 valence electrons. The first-order valence-corrected chi connectivity index (χ1v) is 3.98. The summed E-state index contributed by atoms with van der Waals surface area (Å²) >= 11 is 0.